The first-order valence-electron chi connectivity index (χ1n) is 11.2. The summed E-state index contributed by atoms with van der Waals surface area (Å²) in [4.78, 5) is 23.7. The number of benzene rings is 2. The van der Waals surface area contributed by atoms with Gasteiger partial charge in [0, 0.05) is 31.3 Å². The van der Waals surface area contributed by atoms with E-state index in [-0.39, 0.29) is 5.91 Å². The van der Waals surface area contributed by atoms with Crippen LogP contribution >= 0.6 is 11.3 Å². The minimum absolute atomic E-state index is 0.0632. The van der Waals surface area contributed by atoms with Crippen LogP contribution in [0.3, 0.4) is 0 Å². The van der Waals surface area contributed by atoms with Crippen LogP contribution in [0.2, 0.25) is 0 Å². The van der Waals surface area contributed by atoms with Crippen LogP contribution in [0.4, 0.5) is 0 Å². The molecule has 6 heteroatoms. The average Bonchev–Trinajstić information content (AvgIpc) is 3.32. The number of fused-ring (bicyclic) bond motifs is 1. The van der Waals surface area contributed by atoms with Crippen molar-refractivity contribution in [1.29, 1.82) is 0 Å². The highest BCUT2D eigenvalue weighted by atomic mass is 32.1. The van der Waals surface area contributed by atoms with Crippen LogP contribution in [0.15, 0.2) is 79.0 Å². The maximum Gasteiger partial charge on any atom is 0.246 e. The molecule has 2 aromatic heterocycles. The predicted octanol–water partition coefficient (Wildman–Crippen LogP) is 5.69. The van der Waals surface area contributed by atoms with Gasteiger partial charge in [0.1, 0.15) is 12.4 Å². The lowest BCUT2D eigenvalue weighted by Crippen LogP contribution is -2.36. The Morgan fingerprint density at radius 2 is 1.82 bits per heavy atom. The Morgan fingerprint density at radius 1 is 1.03 bits per heavy atom. The van der Waals surface area contributed by atoms with Gasteiger partial charge >= 0.3 is 0 Å². The number of amides is 1. The second-order valence-corrected chi connectivity index (χ2v) is 9.19. The number of para-hydroxylation sites is 1. The molecule has 3 heterocycles. The molecule has 0 saturated carbocycles. The van der Waals surface area contributed by atoms with Crippen LogP contribution in [0, 0.1) is 0 Å². The molecule has 0 unspecified atom stereocenters. The van der Waals surface area contributed by atoms with Gasteiger partial charge in [0.2, 0.25) is 5.91 Å². The predicted molar refractivity (Wildman–Crippen MR) is 132 cm³/mol. The Hall–Kier alpha value is -3.51. The summed E-state index contributed by atoms with van der Waals surface area (Å²) in [5.41, 5.74) is 2.93. The molecule has 1 fully saturated rings. The average molecular weight is 456 g/mol. The largest absolute Gasteiger partial charge is 0.487 e. The van der Waals surface area contributed by atoms with Gasteiger partial charge < -0.3 is 9.64 Å². The first-order chi connectivity index (χ1) is 16.2. The summed E-state index contributed by atoms with van der Waals surface area (Å²) in [6.07, 6.45) is 7.21. The molecule has 1 amide bonds. The third kappa shape index (κ3) is 5.29. The van der Waals surface area contributed by atoms with Crippen molar-refractivity contribution in [3.63, 3.8) is 0 Å². The van der Waals surface area contributed by atoms with Crippen LogP contribution in [0.5, 0.6) is 5.75 Å². The molecule has 0 spiro atoms. The first-order valence-corrected chi connectivity index (χ1v) is 12.0. The van der Waals surface area contributed by atoms with Crippen LogP contribution in [-0.2, 0) is 11.4 Å². The molecule has 0 atom stereocenters. The number of carbonyl (C=O) groups excluding carboxylic acids is 1. The molecule has 33 heavy (non-hydrogen) atoms. The molecule has 5 nitrogen and oxygen atoms in total. The van der Waals surface area contributed by atoms with Crippen LogP contribution in [0.25, 0.3) is 16.3 Å². The Balaban J connectivity index is 1.12. The lowest BCUT2D eigenvalue weighted by molar-refractivity contribution is -0.126. The van der Waals surface area contributed by atoms with Crippen LogP contribution in [-0.4, -0.2) is 33.9 Å². The molecule has 5 rings (SSSR count). The van der Waals surface area contributed by atoms with E-state index >= 15 is 0 Å². The van der Waals surface area contributed by atoms with Crippen molar-refractivity contribution < 1.29 is 9.53 Å². The Labute approximate surface area is 197 Å². The first kappa shape index (κ1) is 21.3. The highest BCUT2D eigenvalue weighted by Gasteiger charge is 2.25. The molecular formula is C27H25N3O2S. The highest BCUT2D eigenvalue weighted by molar-refractivity contribution is 7.18. The van der Waals surface area contributed by atoms with Gasteiger partial charge in [0.15, 0.2) is 0 Å². The molecule has 0 radical (unpaired) electrons. The van der Waals surface area contributed by atoms with Gasteiger partial charge in [0.25, 0.3) is 0 Å². The van der Waals surface area contributed by atoms with Crippen molar-refractivity contribution in [2.75, 3.05) is 13.1 Å². The number of aromatic nitrogens is 2. The third-order valence-corrected chi connectivity index (χ3v) is 7.08. The topological polar surface area (TPSA) is 55.3 Å². The van der Waals surface area contributed by atoms with Gasteiger partial charge in [0.05, 0.1) is 20.9 Å². The monoisotopic (exact) mass is 455 g/mol. The number of likely N-dealkylation sites (tertiary alicyclic amines) is 1. The zero-order valence-electron chi connectivity index (χ0n) is 18.3. The molecule has 166 valence electrons. The Kier molecular flexibility index (Phi) is 6.44. The van der Waals surface area contributed by atoms with E-state index in [4.69, 9.17) is 9.72 Å². The minimum Gasteiger partial charge on any atom is -0.487 e. The van der Waals surface area contributed by atoms with E-state index in [9.17, 15) is 4.79 Å². The second-order valence-electron chi connectivity index (χ2n) is 8.13. The quantitative estimate of drug-likeness (QED) is 0.351. The van der Waals surface area contributed by atoms with Crippen LogP contribution < -0.4 is 4.74 Å². The number of rotatable bonds is 6. The third-order valence-electron chi connectivity index (χ3n) is 5.88. The number of thiazole rings is 1. The fraction of sp³-hybridized carbons (Fsp3) is 0.222. The fourth-order valence-electron chi connectivity index (χ4n) is 4.00. The lowest BCUT2D eigenvalue weighted by Gasteiger charge is -2.30. The van der Waals surface area contributed by atoms with Crippen molar-refractivity contribution in [1.82, 2.24) is 14.9 Å². The zero-order chi connectivity index (χ0) is 22.5. The molecule has 1 aliphatic rings. The van der Waals surface area contributed by atoms with Crippen molar-refractivity contribution in [2.24, 2.45) is 0 Å². The number of nitrogens with zero attached hydrogens (tertiary/aromatic N) is 3. The van der Waals surface area contributed by atoms with Gasteiger partial charge in [-0.25, -0.2) is 4.98 Å². The molecule has 0 aliphatic carbocycles. The van der Waals surface area contributed by atoms with Crippen molar-refractivity contribution in [2.45, 2.75) is 25.4 Å². The summed E-state index contributed by atoms with van der Waals surface area (Å²) < 4.78 is 7.01. The summed E-state index contributed by atoms with van der Waals surface area (Å²) in [5.74, 6) is 1.28. The van der Waals surface area contributed by atoms with E-state index in [0.717, 1.165) is 48.5 Å². The summed E-state index contributed by atoms with van der Waals surface area (Å²) in [5, 5.41) is 1.20. The van der Waals surface area contributed by atoms with E-state index < -0.39 is 0 Å². The van der Waals surface area contributed by atoms with E-state index in [2.05, 4.69) is 23.2 Å². The molecule has 4 aromatic rings. The van der Waals surface area contributed by atoms with Gasteiger partial charge in [-0.05, 0) is 60.9 Å². The summed E-state index contributed by atoms with van der Waals surface area (Å²) in [6, 6.07) is 21.8. The number of pyridine rings is 1. The summed E-state index contributed by atoms with van der Waals surface area (Å²) in [6.45, 7) is 1.97. The zero-order valence-corrected chi connectivity index (χ0v) is 19.1. The minimum atomic E-state index is 0.0632. The van der Waals surface area contributed by atoms with Gasteiger partial charge in [-0.1, -0.05) is 30.3 Å². The van der Waals surface area contributed by atoms with Gasteiger partial charge in [-0.2, -0.15) is 0 Å². The van der Waals surface area contributed by atoms with Gasteiger partial charge in [-0.3, -0.25) is 9.78 Å². The number of ether oxygens (including phenoxy) is 1. The fourth-order valence-corrected chi connectivity index (χ4v) is 5.14. The highest BCUT2D eigenvalue weighted by Crippen LogP contribution is 2.33. The molecular weight excluding hydrogens is 430 g/mol. The summed E-state index contributed by atoms with van der Waals surface area (Å²) >= 11 is 1.78. The van der Waals surface area contributed by atoms with E-state index in [1.54, 1.807) is 23.6 Å². The number of hydrogen-bond donors (Lipinski definition) is 0. The maximum absolute atomic E-state index is 12.7. The number of carbonyl (C=O) groups is 1. The maximum atomic E-state index is 12.7. The molecule has 2 aromatic carbocycles. The Bertz CT molecular complexity index is 1210. The molecule has 1 aliphatic heterocycles. The summed E-state index contributed by atoms with van der Waals surface area (Å²) in [7, 11) is 0. The van der Waals surface area contributed by atoms with E-state index in [1.807, 2.05) is 59.5 Å². The second kappa shape index (κ2) is 9.96. The normalized spacial score (nSPS) is 14.7. The van der Waals surface area contributed by atoms with Crippen molar-refractivity contribution in [3.05, 3.63) is 95.3 Å². The van der Waals surface area contributed by atoms with E-state index in [0.29, 0.717) is 12.5 Å². The van der Waals surface area contributed by atoms with Gasteiger partial charge in [-0.15, -0.1) is 11.3 Å². The molecule has 1 saturated heterocycles. The van der Waals surface area contributed by atoms with Crippen molar-refractivity contribution >= 4 is 33.5 Å². The smallest absolute Gasteiger partial charge is 0.246 e. The molecule has 0 bridgehead atoms. The van der Waals surface area contributed by atoms with Crippen LogP contribution in [0.1, 0.15) is 35.0 Å². The molecule has 0 N–H and O–H groups in total. The standard InChI is InChI=1S/C27H25N3O2S/c31-26(13-10-20-8-11-23(12-9-20)32-19-22-5-3-4-16-28-22)30-17-14-21(15-18-30)27-29-24-6-1-2-7-25(24)33-27/h1-13,16,21H,14-15,17-19H2/b13-10+. The number of piperidine rings is 1. The number of hydrogen-bond acceptors (Lipinski definition) is 5. The Morgan fingerprint density at radius 3 is 2.58 bits per heavy atom. The van der Waals surface area contributed by atoms with E-state index in [1.165, 1.54) is 9.71 Å². The van der Waals surface area contributed by atoms with Crippen molar-refractivity contribution in [3.8, 4) is 5.75 Å². The SMILES string of the molecule is O=C(/C=C/c1ccc(OCc2ccccn2)cc1)N1CCC(c2nc3ccccc3s2)CC1. The lowest BCUT2D eigenvalue weighted by atomic mass is 9.97.